The van der Waals surface area contributed by atoms with E-state index in [9.17, 15) is 9.59 Å². The van der Waals surface area contributed by atoms with E-state index in [0.29, 0.717) is 19.5 Å². The summed E-state index contributed by atoms with van der Waals surface area (Å²) in [7, 11) is 0. The van der Waals surface area contributed by atoms with Gasteiger partial charge in [-0.15, -0.1) is 0 Å². The summed E-state index contributed by atoms with van der Waals surface area (Å²) in [4.78, 5) is 22.4. The quantitative estimate of drug-likeness (QED) is 0.618. The van der Waals surface area contributed by atoms with Crippen molar-refractivity contribution in [2.75, 3.05) is 13.1 Å². The monoisotopic (exact) mass is 228 g/mol. The average Bonchev–Trinajstić information content (AvgIpc) is 2.24. The molecular weight excluding hydrogens is 204 g/mol. The summed E-state index contributed by atoms with van der Waals surface area (Å²) in [6.45, 7) is 6.83. The fraction of sp³-hybridized carbons (Fsp3) is 0.833. The Morgan fingerprint density at radius 1 is 1.06 bits per heavy atom. The molecule has 0 atom stereocenters. The van der Waals surface area contributed by atoms with Gasteiger partial charge in [0.25, 0.3) is 0 Å². The smallest absolute Gasteiger partial charge is 0.222 e. The second kappa shape index (κ2) is 9.19. The molecule has 0 rings (SSSR count). The standard InChI is InChI=1S/C12H24N2O2/c1-4-5-6-7-11(15)13-8-9-14-12(16)10(2)3/h10H,4-9H2,1-3H3,(H,13,15)(H,14,16). The number of hydrogen-bond acceptors (Lipinski definition) is 2. The van der Waals surface area contributed by atoms with Crippen molar-refractivity contribution in [3.63, 3.8) is 0 Å². The predicted octanol–water partition coefficient (Wildman–Crippen LogP) is 1.46. The van der Waals surface area contributed by atoms with Crippen LogP contribution in [-0.4, -0.2) is 24.9 Å². The van der Waals surface area contributed by atoms with E-state index >= 15 is 0 Å². The van der Waals surface area contributed by atoms with Gasteiger partial charge in [0.05, 0.1) is 0 Å². The van der Waals surface area contributed by atoms with Crippen LogP contribution in [0.5, 0.6) is 0 Å². The molecule has 2 N–H and O–H groups in total. The van der Waals surface area contributed by atoms with Crippen LogP contribution in [0.25, 0.3) is 0 Å². The molecule has 4 heteroatoms. The van der Waals surface area contributed by atoms with Crippen LogP contribution in [0.1, 0.15) is 46.5 Å². The third kappa shape index (κ3) is 8.26. The minimum absolute atomic E-state index is 0.000237. The van der Waals surface area contributed by atoms with Crippen molar-refractivity contribution >= 4 is 11.8 Å². The molecule has 94 valence electrons. The lowest BCUT2D eigenvalue weighted by molar-refractivity contribution is -0.124. The van der Waals surface area contributed by atoms with Crippen LogP contribution >= 0.6 is 0 Å². The highest BCUT2D eigenvalue weighted by atomic mass is 16.2. The molecule has 0 spiro atoms. The average molecular weight is 228 g/mol. The molecule has 0 aromatic heterocycles. The highest BCUT2D eigenvalue weighted by molar-refractivity contribution is 5.78. The highest BCUT2D eigenvalue weighted by Crippen LogP contribution is 1.97. The number of hydrogen-bond donors (Lipinski definition) is 2. The second-order valence-corrected chi connectivity index (χ2v) is 4.25. The summed E-state index contributed by atoms with van der Waals surface area (Å²) in [5.74, 6) is 0.104. The second-order valence-electron chi connectivity index (χ2n) is 4.25. The maximum absolute atomic E-state index is 11.3. The summed E-state index contributed by atoms with van der Waals surface area (Å²) in [5.41, 5.74) is 0. The zero-order chi connectivity index (χ0) is 12.4. The number of carbonyl (C=O) groups excluding carboxylic acids is 2. The van der Waals surface area contributed by atoms with Gasteiger partial charge in [-0.3, -0.25) is 9.59 Å². The van der Waals surface area contributed by atoms with E-state index < -0.39 is 0 Å². The van der Waals surface area contributed by atoms with Crippen molar-refractivity contribution in [1.82, 2.24) is 10.6 Å². The lowest BCUT2D eigenvalue weighted by atomic mass is 10.2. The summed E-state index contributed by atoms with van der Waals surface area (Å²) in [6, 6.07) is 0. The Hall–Kier alpha value is -1.06. The van der Waals surface area contributed by atoms with Crippen LogP contribution in [-0.2, 0) is 9.59 Å². The molecule has 0 bridgehead atoms. The van der Waals surface area contributed by atoms with Crippen molar-refractivity contribution in [2.24, 2.45) is 5.92 Å². The summed E-state index contributed by atoms with van der Waals surface area (Å²) in [5, 5.41) is 5.53. The number of carbonyl (C=O) groups is 2. The van der Waals surface area contributed by atoms with Crippen LogP contribution in [0.15, 0.2) is 0 Å². The first-order valence-electron chi connectivity index (χ1n) is 6.12. The summed E-state index contributed by atoms with van der Waals surface area (Å²) < 4.78 is 0. The topological polar surface area (TPSA) is 58.2 Å². The van der Waals surface area contributed by atoms with E-state index in [0.717, 1.165) is 19.3 Å². The molecule has 0 unspecified atom stereocenters. The molecule has 0 aromatic rings. The number of unbranched alkanes of at least 4 members (excludes halogenated alkanes) is 2. The number of nitrogens with one attached hydrogen (secondary N) is 2. The maximum atomic E-state index is 11.3. The molecule has 0 saturated carbocycles. The first-order chi connectivity index (χ1) is 7.57. The number of rotatable bonds is 8. The first kappa shape index (κ1) is 14.9. The molecule has 0 radical (unpaired) electrons. The Morgan fingerprint density at radius 2 is 1.69 bits per heavy atom. The largest absolute Gasteiger partial charge is 0.354 e. The minimum Gasteiger partial charge on any atom is -0.354 e. The number of amides is 2. The molecule has 0 saturated heterocycles. The van der Waals surface area contributed by atoms with Gasteiger partial charge in [-0.05, 0) is 6.42 Å². The van der Waals surface area contributed by atoms with Gasteiger partial charge in [0.2, 0.25) is 11.8 Å². The van der Waals surface area contributed by atoms with Gasteiger partial charge in [0, 0.05) is 25.4 Å². The molecular formula is C12H24N2O2. The van der Waals surface area contributed by atoms with Gasteiger partial charge in [-0.2, -0.15) is 0 Å². The predicted molar refractivity (Wildman–Crippen MR) is 65.0 cm³/mol. The van der Waals surface area contributed by atoms with Gasteiger partial charge < -0.3 is 10.6 Å². The molecule has 0 aliphatic rings. The molecule has 2 amide bonds. The zero-order valence-electron chi connectivity index (χ0n) is 10.6. The van der Waals surface area contributed by atoms with Crippen LogP contribution in [0.2, 0.25) is 0 Å². The Labute approximate surface area is 98.2 Å². The van der Waals surface area contributed by atoms with Gasteiger partial charge in [0.15, 0.2) is 0 Å². The van der Waals surface area contributed by atoms with Crippen LogP contribution in [0.3, 0.4) is 0 Å². The van der Waals surface area contributed by atoms with Crippen molar-refractivity contribution in [3.05, 3.63) is 0 Å². The van der Waals surface area contributed by atoms with Gasteiger partial charge in [-0.25, -0.2) is 0 Å². The maximum Gasteiger partial charge on any atom is 0.222 e. The van der Waals surface area contributed by atoms with Crippen LogP contribution in [0.4, 0.5) is 0 Å². The first-order valence-corrected chi connectivity index (χ1v) is 6.12. The third-order valence-electron chi connectivity index (χ3n) is 2.28. The molecule has 0 aromatic carbocycles. The van der Waals surface area contributed by atoms with E-state index in [1.54, 1.807) is 0 Å². The Morgan fingerprint density at radius 3 is 2.25 bits per heavy atom. The molecule has 0 aliphatic heterocycles. The molecule has 4 nitrogen and oxygen atoms in total. The minimum atomic E-state index is 0.000237. The van der Waals surface area contributed by atoms with Crippen LogP contribution in [0, 0.1) is 5.92 Å². The van der Waals surface area contributed by atoms with Gasteiger partial charge >= 0.3 is 0 Å². The Kier molecular flexibility index (Phi) is 8.58. The summed E-state index contributed by atoms with van der Waals surface area (Å²) in [6.07, 6.45) is 3.75. The molecule has 0 aliphatic carbocycles. The van der Waals surface area contributed by atoms with E-state index in [1.165, 1.54) is 0 Å². The molecule has 16 heavy (non-hydrogen) atoms. The fourth-order valence-electron chi connectivity index (χ4n) is 1.22. The van der Waals surface area contributed by atoms with Gasteiger partial charge in [0.1, 0.15) is 0 Å². The van der Waals surface area contributed by atoms with Crippen LogP contribution < -0.4 is 10.6 Å². The zero-order valence-corrected chi connectivity index (χ0v) is 10.6. The normalized spacial score (nSPS) is 10.2. The van der Waals surface area contributed by atoms with Crippen molar-refractivity contribution in [2.45, 2.75) is 46.5 Å². The third-order valence-corrected chi connectivity index (χ3v) is 2.28. The lowest BCUT2D eigenvalue weighted by Crippen LogP contribution is -2.36. The van der Waals surface area contributed by atoms with Gasteiger partial charge in [-0.1, -0.05) is 33.6 Å². The highest BCUT2D eigenvalue weighted by Gasteiger charge is 2.05. The van der Waals surface area contributed by atoms with E-state index in [1.807, 2.05) is 13.8 Å². The molecule has 0 heterocycles. The molecule has 0 fully saturated rings. The Bertz CT molecular complexity index is 215. The lowest BCUT2D eigenvalue weighted by Gasteiger charge is -2.08. The van der Waals surface area contributed by atoms with Crippen molar-refractivity contribution in [3.8, 4) is 0 Å². The Balaban J connectivity index is 3.37. The van der Waals surface area contributed by atoms with Crippen molar-refractivity contribution < 1.29 is 9.59 Å². The van der Waals surface area contributed by atoms with E-state index in [4.69, 9.17) is 0 Å². The van der Waals surface area contributed by atoms with E-state index in [-0.39, 0.29) is 17.7 Å². The SMILES string of the molecule is CCCCCC(=O)NCCNC(=O)C(C)C. The van der Waals surface area contributed by atoms with Crippen molar-refractivity contribution in [1.29, 1.82) is 0 Å². The fourth-order valence-corrected chi connectivity index (χ4v) is 1.22. The van der Waals surface area contributed by atoms with E-state index in [2.05, 4.69) is 17.6 Å². The summed E-state index contributed by atoms with van der Waals surface area (Å²) >= 11 is 0.